The average molecular weight is 545 g/mol. The van der Waals surface area contributed by atoms with Crippen molar-refractivity contribution in [3.05, 3.63) is 180 Å². The van der Waals surface area contributed by atoms with Gasteiger partial charge in [0.15, 0.2) is 0 Å². The summed E-state index contributed by atoms with van der Waals surface area (Å²) in [6.45, 7) is 0. The molecule has 0 aliphatic rings. The zero-order valence-electron chi connectivity index (χ0n) is 22.8. The molecule has 0 aromatic heterocycles. The molecule has 202 valence electrons. The van der Waals surface area contributed by atoms with Gasteiger partial charge in [0.25, 0.3) is 0 Å². The highest BCUT2D eigenvalue weighted by Gasteiger charge is 2.16. The van der Waals surface area contributed by atoms with Gasteiger partial charge in [0.05, 0.1) is 22.8 Å². The minimum absolute atomic E-state index is 0.165. The molecule has 0 saturated heterocycles. The Morgan fingerprint density at radius 1 is 0.357 bits per heavy atom. The van der Waals surface area contributed by atoms with Gasteiger partial charge in [-0.2, -0.15) is 0 Å². The van der Waals surface area contributed by atoms with Crippen molar-refractivity contribution < 1.29 is 10.2 Å². The standard InChI is InChI=1S/C38H28N2O2/c41-35-25-13-9-21-31(35)37(27-15-3-1-4-16-27)39-33-23-11-7-19-29(33)30-20-8-12-24-34(30)40-38(28-17-5-2-6-18-28)32-22-10-14-26-36(32)42/h1-26,41-42H. The molecule has 6 rings (SSSR count). The van der Waals surface area contributed by atoms with Crippen molar-refractivity contribution in [1.82, 2.24) is 0 Å². The van der Waals surface area contributed by atoms with Crippen molar-refractivity contribution in [3.63, 3.8) is 0 Å². The van der Waals surface area contributed by atoms with Crippen molar-refractivity contribution in [2.45, 2.75) is 0 Å². The zero-order chi connectivity index (χ0) is 28.7. The zero-order valence-corrected chi connectivity index (χ0v) is 22.8. The number of para-hydroxylation sites is 4. The first-order valence-corrected chi connectivity index (χ1v) is 13.7. The molecule has 4 heteroatoms. The highest BCUT2D eigenvalue weighted by atomic mass is 16.3. The van der Waals surface area contributed by atoms with E-state index in [-0.39, 0.29) is 11.5 Å². The summed E-state index contributed by atoms with van der Waals surface area (Å²) in [5.74, 6) is 0.329. The first-order chi connectivity index (χ1) is 20.7. The summed E-state index contributed by atoms with van der Waals surface area (Å²) in [7, 11) is 0. The normalized spacial score (nSPS) is 11.8. The lowest BCUT2D eigenvalue weighted by atomic mass is 9.98. The molecule has 0 heterocycles. The minimum atomic E-state index is 0.165. The number of nitrogens with zero attached hydrogens (tertiary/aromatic N) is 2. The Hall–Kier alpha value is -5.74. The van der Waals surface area contributed by atoms with Gasteiger partial charge < -0.3 is 10.2 Å². The smallest absolute Gasteiger partial charge is 0.124 e. The van der Waals surface area contributed by atoms with E-state index >= 15 is 0 Å². The van der Waals surface area contributed by atoms with Gasteiger partial charge in [0, 0.05) is 33.4 Å². The molecule has 0 aliphatic carbocycles. The number of phenolic OH excluding ortho intramolecular Hbond substituents is 2. The van der Waals surface area contributed by atoms with Crippen LogP contribution in [0.4, 0.5) is 11.4 Å². The first kappa shape index (κ1) is 26.5. The SMILES string of the molecule is Oc1ccccc1C(=Nc1ccccc1-c1ccccc1N=C(c1ccccc1)c1ccccc1O)c1ccccc1. The van der Waals surface area contributed by atoms with Gasteiger partial charge in [0.2, 0.25) is 0 Å². The third-order valence-corrected chi connectivity index (χ3v) is 6.98. The molecule has 0 bridgehead atoms. The van der Waals surface area contributed by atoms with Crippen molar-refractivity contribution >= 4 is 22.8 Å². The summed E-state index contributed by atoms with van der Waals surface area (Å²) in [5.41, 5.74) is 7.69. The Labute approximate surface area is 245 Å². The number of hydrogen-bond donors (Lipinski definition) is 2. The number of benzene rings is 6. The van der Waals surface area contributed by atoms with Gasteiger partial charge in [-0.1, -0.05) is 121 Å². The molecule has 0 saturated carbocycles. The van der Waals surface area contributed by atoms with Crippen LogP contribution in [0.1, 0.15) is 22.3 Å². The molecule has 0 atom stereocenters. The Morgan fingerprint density at radius 2 is 0.690 bits per heavy atom. The molecular formula is C38H28N2O2. The van der Waals surface area contributed by atoms with Gasteiger partial charge in [-0.3, -0.25) is 0 Å². The quantitative estimate of drug-likeness (QED) is 0.197. The summed E-state index contributed by atoms with van der Waals surface area (Å²) in [5, 5.41) is 21.5. The maximum Gasteiger partial charge on any atom is 0.124 e. The number of phenols is 2. The van der Waals surface area contributed by atoms with E-state index < -0.39 is 0 Å². The first-order valence-electron chi connectivity index (χ1n) is 13.7. The molecule has 6 aromatic rings. The molecule has 42 heavy (non-hydrogen) atoms. The molecule has 2 N–H and O–H groups in total. The van der Waals surface area contributed by atoms with Crippen molar-refractivity contribution in [2.24, 2.45) is 9.98 Å². The van der Waals surface area contributed by atoms with Gasteiger partial charge in [-0.05, 0) is 36.4 Å². The van der Waals surface area contributed by atoms with Crippen LogP contribution in [0.25, 0.3) is 11.1 Å². The molecule has 0 unspecified atom stereocenters. The number of aromatic hydroxyl groups is 2. The second-order valence-electron chi connectivity index (χ2n) is 9.72. The van der Waals surface area contributed by atoms with Crippen LogP contribution in [0.2, 0.25) is 0 Å². The summed E-state index contributed by atoms with van der Waals surface area (Å²) in [6, 6.07) is 50.1. The summed E-state index contributed by atoms with van der Waals surface area (Å²) in [4.78, 5) is 10.3. The van der Waals surface area contributed by atoms with E-state index in [1.165, 1.54) is 0 Å². The highest BCUT2D eigenvalue weighted by Crippen LogP contribution is 2.38. The van der Waals surface area contributed by atoms with Gasteiger partial charge in [0.1, 0.15) is 11.5 Å². The predicted molar refractivity (Wildman–Crippen MR) is 172 cm³/mol. The van der Waals surface area contributed by atoms with E-state index in [1.54, 1.807) is 24.3 Å². The monoisotopic (exact) mass is 544 g/mol. The largest absolute Gasteiger partial charge is 0.507 e. The summed E-state index contributed by atoms with van der Waals surface area (Å²) >= 11 is 0. The second-order valence-corrected chi connectivity index (χ2v) is 9.72. The van der Waals surface area contributed by atoms with E-state index in [9.17, 15) is 10.2 Å². The van der Waals surface area contributed by atoms with Gasteiger partial charge in [-0.25, -0.2) is 9.98 Å². The Balaban J connectivity index is 1.55. The van der Waals surface area contributed by atoms with Crippen LogP contribution in [-0.2, 0) is 0 Å². The van der Waals surface area contributed by atoms with Crippen molar-refractivity contribution in [3.8, 4) is 22.6 Å². The molecule has 0 amide bonds. The lowest BCUT2D eigenvalue weighted by Crippen LogP contribution is -2.04. The van der Waals surface area contributed by atoms with E-state index in [0.29, 0.717) is 22.6 Å². The topological polar surface area (TPSA) is 65.2 Å². The third-order valence-electron chi connectivity index (χ3n) is 6.98. The van der Waals surface area contributed by atoms with Crippen LogP contribution in [0.5, 0.6) is 11.5 Å². The van der Waals surface area contributed by atoms with Gasteiger partial charge in [-0.15, -0.1) is 0 Å². The van der Waals surface area contributed by atoms with Crippen LogP contribution in [-0.4, -0.2) is 21.6 Å². The van der Waals surface area contributed by atoms with Crippen LogP contribution >= 0.6 is 0 Å². The molecule has 0 aliphatic heterocycles. The Bertz CT molecular complexity index is 1750. The van der Waals surface area contributed by atoms with Crippen LogP contribution in [0.15, 0.2) is 168 Å². The Kier molecular flexibility index (Phi) is 7.69. The number of hydrogen-bond acceptors (Lipinski definition) is 4. The Morgan fingerprint density at radius 3 is 1.10 bits per heavy atom. The van der Waals surface area contributed by atoms with Crippen LogP contribution in [0.3, 0.4) is 0 Å². The van der Waals surface area contributed by atoms with E-state index in [2.05, 4.69) is 0 Å². The fourth-order valence-electron chi connectivity index (χ4n) is 4.94. The molecule has 6 aromatic carbocycles. The average Bonchev–Trinajstić information content (AvgIpc) is 3.05. The van der Waals surface area contributed by atoms with E-state index in [4.69, 9.17) is 9.98 Å². The molecular weight excluding hydrogens is 516 g/mol. The molecule has 0 spiro atoms. The fourth-order valence-corrected chi connectivity index (χ4v) is 4.94. The van der Waals surface area contributed by atoms with Crippen LogP contribution < -0.4 is 0 Å². The van der Waals surface area contributed by atoms with Crippen molar-refractivity contribution in [2.75, 3.05) is 0 Å². The maximum atomic E-state index is 10.8. The fraction of sp³-hybridized carbons (Fsp3) is 0. The summed E-state index contributed by atoms with van der Waals surface area (Å²) < 4.78 is 0. The predicted octanol–water partition coefficient (Wildman–Crippen LogP) is 9.10. The lowest BCUT2D eigenvalue weighted by Gasteiger charge is -2.14. The number of aliphatic imine (C=N–C) groups is 2. The minimum Gasteiger partial charge on any atom is -0.507 e. The van der Waals surface area contributed by atoms with E-state index in [1.807, 2.05) is 133 Å². The third kappa shape index (κ3) is 5.60. The van der Waals surface area contributed by atoms with E-state index in [0.717, 1.165) is 33.6 Å². The lowest BCUT2D eigenvalue weighted by molar-refractivity contribution is 0.473. The molecule has 0 fully saturated rings. The van der Waals surface area contributed by atoms with Gasteiger partial charge >= 0.3 is 0 Å². The van der Waals surface area contributed by atoms with Crippen molar-refractivity contribution in [1.29, 1.82) is 0 Å². The highest BCUT2D eigenvalue weighted by molar-refractivity contribution is 6.17. The maximum absolute atomic E-state index is 10.8. The molecule has 4 nitrogen and oxygen atoms in total. The van der Waals surface area contributed by atoms with Crippen LogP contribution in [0, 0.1) is 0 Å². The second kappa shape index (κ2) is 12.2. The summed E-state index contributed by atoms with van der Waals surface area (Å²) in [6.07, 6.45) is 0. The number of rotatable bonds is 7. The molecule has 0 radical (unpaired) electrons.